The predicted octanol–water partition coefficient (Wildman–Crippen LogP) is 1.71. The van der Waals surface area contributed by atoms with Crippen LogP contribution < -0.4 is 0 Å². The number of esters is 1. The van der Waals surface area contributed by atoms with Crippen molar-refractivity contribution in [2.24, 2.45) is 7.05 Å². The maximum atomic E-state index is 12.4. The molecule has 0 saturated heterocycles. The number of sulfonamides is 1. The predicted molar refractivity (Wildman–Crippen MR) is 103 cm³/mol. The topological polar surface area (TPSA) is 99.3 Å². The summed E-state index contributed by atoms with van der Waals surface area (Å²) in [6.07, 6.45) is 1.47. The first-order valence-corrected chi connectivity index (χ1v) is 10.2. The lowest BCUT2D eigenvalue weighted by molar-refractivity contribution is 0.0457. The Kier molecular flexibility index (Phi) is 5.26. The van der Waals surface area contributed by atoms with Crippen LogP contribution in [-0.4, -0.2) is 52.1 Å². The molecule has 9 nitrogen and oxygen atoms in total. The van der Waals surface area contributed by atoms with Crippen molar-refractivity contribution in [3.8, 4) is 0 Å². The Hall–Kier alpha value is -2.72. The summed E-state index contributed by atoms with van der Waals surface area (Å²) >= 11 is 0. The third kappa shape index (κ3) is 3.40. The highest BCUT2D eigenvalue weighted by atomic mass is 32.2. The number of carbonyl (C=O) groups excluding carboxylic acids is 1. The standard InChI is InChI=1S/C18H23N5O4S/c1-6-23-16-8-7-13(28(25,26)21(3)4)9-15(16)20-17(23)11-27-18(24)14-10-19-22(5)12(14)2/h7-10H,6,11H2,1-5H3. The molecule has 0 amide bonds. The minimum Gasteiger partial charge on any atom is -0.454 e. The molecule has 2 aromatic heterocycles. The number of hydrogen-bond acceptors (Lipinski definition) is 6. The van der Waals surface area contributed by atoms with Crippen molar-refractivity contribution < 1.29 is 17.9 Å². The highest BCUT2D eigenvalue weighted by Crippen LogP contribution is 2.23. The molecule has 3 aromatic rings. The van der Waals surface area contributed by atoms with Crippen molar-refractivity contribution in [2.75, 3.05) is 14.1 Å². The van der Waals surface area contributed by atoms with Gasteiger partial charge in [-0.3, -0.25) is 4.68 Å². The summed E-state index contributed by atoms with van der Waals surface area (Å²) < 4.78 is 34.8. The number of aryl methyl sites for hydroxylation is 2. The number of imidazole rings is 1. The second kappa shape index (κ2) is 7.36. The summed E-state index contributed by atoms with van der Waals surface area (Å²) in [6, 6.07) is 4.81. The number of aromatic nitrogens is 4. The molecule has 0 radical (unpaired) electrons. The van der Waals surface area contributed by atoms with Crippen LogP contribution in [-0.2, 0) is 35.0 Å². The van der Waals surface area contributed by atoms with Gasteiger partial charge in [0.25, 0.3) is 0 Å². The maximum absolute atomic E-state index is 12.4. The summed E-state index contributed by atoms with van der Waals surface area (Å²) in [5.74, 6) is 0.0722. The summed E-state index contributed by atoms with van der Waals surface area (Å²) in [4.78, 5) is 17.0. The van der Waals surface area contributed by atoms with Crippen LogP contribution in [0.2, 0.25) is 0 Å². The molecular weight excluding hydrogens is 382 g/mol. The van der Waals surface area contributed by atoms with Gasteiger partial charge in [-0.2, -0.15) is 5.10 Å². The van der Waals surface area contributed by atoms with Crippen LogP contribution in [0, 0.1) is 6.92 Å². The van der Waals surface area contributed by atoms with Crippen LogP contribution in [0.3, 0.4) is 0 Å². The molecule has 2 heterocycles. The molecular formula is C18H23N5O4S. The lowest BCUT2D eigenvalue weighted by Gasteiger charge is -2.11. The average Bonchev–Trinajstić information content (AvgIpc) is 3.18. The van der Waals surface area contributed by atoms with Gasteiger partial charge in [-0.25, -0.2) is 22.5 Å². The molecule has 0 fully saturated rings. The monoisotopic (exact) mass is 405 g/mol. The molecule has 0 unspecified atom stereocenters. The van der Waals surface area contributed by atoms with Crippen LogP contribution >= 0.6 is 0 Å². The zero-order chi connectivity index (χ0) is 20.6. The van der Waals surface area contributed by atoms with Crippen molar-refractivity contribution in [3.05, 3.63) is 41.5 Å². The van der Waals surface area contributed by atoms with E-state index in [2.05, 4.69) is 10.1 Å². The number of nitrogens with zero attached hydrogens (tertiary/aromatic N) is 5. The molecule has 0 bridgehead atoms. The largest absolute Gasteiger partial charge is 0.454 e. The molecule has 3 rings (SSSR count). The molecule has 1 aromatic carbocycles. The quantitative estimate of drug-likeness (QED) is 0.579. The highest BCUT2D eigenvalue weighted by molar-refractivity contribution is 7.89. The normalized spacial score (nSPS) is 12.1. The Labute approximate surface area is 163 Å². The molecule has 0 N–H and O–H groups in total. The van der Waals surface area contributed by atoms with Crippen LogP contribution in [0.25, 0.3) is 11.0 Å². The Bertz CT molecular complexity index is 1140. The molecule has 0 saturated carbocycles. The third-order valence-electron chi connectivity index (χ3n) is 4.68. The van der Waals surface area contributed by atoms with Gasteiger partial charge in [-0.1, -0.05) is 0 Å². The van der Waals surface area contributed by atoms with E-state index in [4.69, 9.17) is 4.74 Å². The van der Waals surface area contributed by atoms with Crippen LogP contribution in [0.5, 0.6) is 0 Å². The van der Waals surface area contributed by atoms with Gasteiger partial charge in [0.1, 0.15) is 18.0 Å². The van der Waals surface area contributed by atoms with Gasteiger partial charge >= 0.3 is 5.97 Å². The summed E-state index contributed by atoms with van der Waals surface area (Å²) in [7, 11) is 1.16. The van der Waals surface area contributed by atoms with Crippen molar-refractivity contribution in [1.82, 2.24) is 23.6 Å². The van der Waals surface area contributed by atoms with E-state index in [1.807, 2.05) is 11.5 Å². The SMILES string of the molecule is CCn1c(COC(=O)c2cnn(C)c2C)nc2cc(S(=O)(=O)N(C)C)ccc21. The van der Waals surface area contributed by atoms with E-state index in [0.29, 0.717) is 29.1 Å². The maximum Gasteiger partial charge on any atom is 0.342 e. The molecule has 0 spiro atoms. The van der Waals surface area contributed by atoms with Crippen molar-refractivity contribution in [1.29, 1.82) is 0 Å². The van der Waals surface area contributed by atoms with E-state index in [1.54, 1.807) is 30.8 Å². The number of ether oxygens (including phenoxy) is 1. The van der Waals surface area contributed by atoms with Gasteiger partial charge in [0, 0.05) is 33.4 Å². The summed E-state index contributed by atoms with van der Waals surface area (Å²) in [5, 5.41) is 4.04. The van der Waals surface area contributed by atoms with E-state index in [0.717, 1.165) is 9.82 Å². The number of rotatable bonds is 6. The van der Waals surface area contributed by atoms with Crippen LogP contribution in [0.1, 0.15) is 28.8 Å². The van der Waals surface area contributed by atoms with E-state index in [1.165, 1.54) is 26.4 Å². The molecule has 0 aliphatic rings. The first-order valence-electron chi connectivity index (χ1n) is 8.74. The zero-order valence-corrected chi connectivity index (χ0v) is 17.3. The minimum absolute atomic E-state index is 0.0224. The van der Waals surface area contributed by atoms with Gasteiger partial charge in [-0.05, 0) is 32.0 Å². The number of carbonyl (C=O) groups is 1. The van der Waals surface area contributed by atoms with Crippen LogP contribution in [0.15, 0.2) is 29.3 Å². The smallest absolute Gasteiger partial charge is 0.342 e. The zero-order valence-electron chi connectivity index (χ0n) is 16.5. The Morgan fingerprint density at radius 2 is 2.00 bits per heavy atom. The summed E-state index contributed by atoms with van der Waals surface area (Å²) in [6.45, 7) is 4.32. The number of fused-ring (bicyclic) bond motifs is 1. The molecule has 0 aliphatic heterocycles. The van der Waals surface area contributed by atoms with E-state index < -0.39 is 16.0 Å². The molecule has 28 heavy (non-hydrogen) atoms. The molecule has 10 heteroatoms. The number of benzene rings is 1. The highest BCUT2D eigenvalue weighted by Gasteiger charge is 2.20. The lowest BCUT2D eigenvalue weighted by atomic mass is 10.3. The fourth-order valence-electron chi connectivity index (χ4n) is 2.90. The van der Waals surface area contributed by atoms with E-state index in [9.17, 15) is 13.2 Å². The van der Waals surface area contributed by atoms with Crippen molar-refractivity contribution in [2.45, 2.75) is 31.9 Å². The Morgan fingerprint density at radius 3 is 2.57 bits per heavy atom. The van der Waals surface area contributed by atoms with Crippen molar-refractivity contribution >= 4 is 27.0 Å². The van der Waals surface area contributed by atoms with Gasteiger partial charge in [-0.15, -0.1) is 0 Å². The third-order valence-corrected chi connectivity index (χ3v) is 6.49. The van der Waals surface area contributed by atoms with E-state index in [-0.39, 0.29) is 11.5 Å². The first-order chi connectivity index (χ1) is 13.2. The molecule has 0 atom stereocenters. The molecule has 0 aliphatic carbocycles. The second-order valence-electron chi connectivity index (χ2n) is 6.55. The summed E-state index contributed by atoms with van der Waals surface area (Å²) in [5.41, 5.74) is 2.44. The fraction of sp³-hybridized carbons (Fsp3) is 0.389. The van der Waals surface area contributed by atoms with Gasteiger partial charge in [0.05, 0.1) is 22.1 Å². The first kappa shape index (κ1) is 20.0. The Morgan fingerprint density at radius 1 is 1.29 bits per heavy atom. The van der Waals surface area contributed by atoms with E-state index >= 15 is 0 Å². The second-order valence-corrected chi connectivity index (χ2v) is 8.71. The van der Waals surface area contributed by atoms with Crippen LogP contribution in [0.4, 0.5) is 0 Å². The Balaban J connectivity index is 1.91. The van der Waals surface area contributed by atoms with Gasteiger partial charge in [0.2, 0.25) is 10.0 Å². The van der Waals surface area contributed by atoms with Gasteiger partial charge < -0.3 is 9.30 Å². The lowest BCUT2D eigenvalue weighted by Crippen LogP contribution is -2.22. The number of hydrogen-bond donors (Lipinski definition) is 0. The minimum atomic E-state index is -3.55. The average molecular weight is 405 g/mol. The van der Waals surface area contributed by atoms with Gasteiger partial charge in [0.15, 0.2) is 0 Å². The fourth-order valence-corrected chi connectivity index (χ4v) is 3.82. The molecule has 150 valence electrons. The van der Waals surface area contributed by atoms with Crippen molar-refractivity contribution in [3.63, 3.8) is 0 Å².